The highest BCUT2D eigenvalue weighted by molar-refractivity contribution is 6.31. The van der Waals surface area contributed by atoms with Crippen LogP contribution in [-0.4, -0.2) is 34.4 Å². The second-order valence-electron chi connectivity index (χ2n) is 6.07. The molecule has 1 amide bonds. The summed E-state index contributed by atoms with van der Waals surface area (Å²) in [5.41, 5.74) is 7.51. The van der Waals surface area contributed by atoms with Gasteiger partial charge in [-0.2, -0.15) is 0 Å². The first-order chi connectivity index (χ1) is 11.0. The van der Waals surface area contributed by atoms with Crippen LogP contribution < -0.4 is 5.73 Å². The van der Waals surface area contributed by atoms with Crippen LogP contribution in [0.3, 0.4) is 0 Å². The number of carbonyl (C=O) groups is 1. The minimum atomic E-state index is 0.0115. The third-order valence-electron chi connectivity index (χ3n) is 4.27. The van der Waals surface area contributed by atoms with Crippen molar-refractivity contribution in [1.82, 2.24) is 9.88 Å². The van der Waals surface area contributed by atoms with Gasteiger partial charge in [0.2, 0.25) is 5.91 Å². The molecule has 0 spiro atoms. The van der Waals surface area contributed by atoms with Crippen LogP contribution in [0.1, 0.15) is 25.5 Å². The van der Waals surface area contributed by atoms with Gasteiger partial charge in [0.1, 0.15) is 0 Å². The van der Waals surface area contributed by atoms with Crippen LogP contribution in [0.2, 0.25) is 5.02 Å². The van der Waals surface area contributed by atoms with Gasteiger partial charge in [0.05, 0.1) is 11.2 Å². The number of halogens is 1. The number of fused-ring (bicyclic) bond motifs is 1. The number of hydrogen-bond acceptors (Lipinski definition) is 3. The van der Waals surface area contributed by atoms with Gasteiger partial charge in [-0.3, -0.25) is 4.79 Å². The van der Waals surface area contributed by atoms with E-state index in [9.17, 15) is 4.79 Å². The molecule has 0 radical (unpaired) electrons. The van der Waals surface area contributed by atoms with Gasteiger partial charge in [-0.15, -0.1) is 0 Å². The van der Waals surface area contributed by atoms with Crippen molar-refractivity contribution in [3.8, 4) is 0 Å². The number of hydrogen-bond donors (Lipinski definition) is 1. The van der Waals surface area contributed by atoms with Gasteiger partial charge < -0.3 is 10.6 Å². The highest BCUT2D eigenvalue weighted by Gasteiger charge is 2.25. The number of amides is 1. The fourth-order valence-electron chi connectivity index (χ4n) is 2.99. The number of nitrogens with two attached hydrogens (primary N) is 1. The number of aromatic nitrogens is 1. The van der Waals surface area contributed by atoms with E-state index >= 15 is 0 Å². The molecule has 0 saturated carbocycles. The lowest BCUT2D eigenvalue weighted by Crippen LogP contribution is -2.47. The topological polar surface area (TPSA) is 59.2 Å². The van der Waals surface area contributed by atoms with E-state index in [0.717, 1.165) is 29.4 Å². The van der Waals surface area contributed by atoms with Crippen molar-refractivity contribution in [3.63, 3.8) is 0 Å². The van der Waals surface area contributed by atoms with Crippen LogP contribution in [-0.2, 0) is 4.79 Å². The summed E-state index contributed by atoms with van der Waals surface area (Å²) in [7, 11) is 0. The molecule has 2 heterocycles. The maximum atomic E-state index is 12.4. The number of rotatable bonds is 2. The Hall–Kier alpha value is -1.91. The summed E-state index contributed by atoms with van der Waals surface area (Å²) in [5, 5.41) is 1.68. The van der Waals surface area contributed by atoms with Gasteiger partial charge in [0.25, 0.3) is 0 Å². The zero-order valence-corrected chi connectivity index (χ0v) is 13.8. The van der Waals surface area contributed by atoms with Crippen molar-refractivity contribution < 1.29 is 4.79 Å². The molecule has 1 aliphatic heterocycles. The SMILES string of the molecule is CC1CC(N)CCN1C(=O)/C=C/c1ccc2ccc(Cl)cc2n1. The molecular formula is C18H20ClN3O. The van der Waals surface area contributed by atoms with E-state index in [1.807, 2.05) is 42.2 Å². The van der Waals surface area contributed by atoms with Crippen molar-refractivity contribution in [2.75, 3.05) is 6.54 Å². The molecule has 1 saturated heterocycles. The monoisotopic (exact) mass is 329 g/mol. The summed E-state index contributed by atoms with van der Waals surface area (Å²) >= 11 is 6.00. The number of piperidine rings is 1. The molecule has 1 aromatic heterocycles. The number of carbonyl (C=O) groups excluding carboxylic acids is 1. The van der Waals surface area contributed by atoms with E-state index in [-0.39, 0.29) is 18.0 Å². The molecular weight excluding hydrogens is 310 g/mol. The molecule has 23 heavy (non-hydrogen) atoms. The van der Waals surface area contributed by atoms with Crippen LogP contribution in [0.25, 0.3) is 17.0 Å². The zero-order valence-electron chi connectivity index (χ0n) is 13.1. The average molecular weight is 330 g/mol. The Morgan fingerprint density at radius 2 is 2.17 bits per heavy atom. The predicted molar refractivity (Wildman–Crippen MR) is 94.2 cm³/mol. The summed E-state index contributed by atoms with van der Waals surface area (Å²) in [6, 6.07) is 9.85. The van der Waals surface area contributed by atoms with Crippen LogP contribution in [0, 0.1) is 0 Å². The molecule has 2 unspecified atom stereocenters. The molecule has 0 bridgehead atoms. The molecule has 1 fully saturated rings. The normalized spacial score (nSPS) is 22.0. The number of likely N-dealkylation sites (tertiary alicyclic amines) is 1. The summed E-state index contributed by atoms with van der Waals surface area (Å²) in [5.74, 6) is 0.0115. The summed E-state index contributed by atoms with van der Waals surface area (Å²) in [6.45, 7) is 2.76. The van der Waals surface area contributed by atoms with E-state index in [1.165, 1.54) is 0 Å². The highest BCUT2D eigenvalue weighted by atomic mass is 35.5. The van der Waals surface area contributed by atoms with Gasteiger partial charge >= 0.3 is 0 Å². The second-order valence-corrected chi connectivity index (χ2v) is 6.51. The molecule has 4 nitrogen and oxygen atoms in total. The Labute approximate surface area is 140 Å². The van der Waals surface area contributed by atoms with Crippen molar-refractivity contribution >= 4 is 34.5 Å². The summed E-state index contributed by atoms with van der Waals surface area (Å²) in [6.07, 6.45) is 5.05. The van der Waals surface area contributed by atoms with Crippen molar-refractivity contribution in [2.45, 2.75) is 31.8 Å². The van der Waals surface area contributed by atoms with E-state index < -0.39 is 0 Å². The lowest BCUT2D eigenvalue weighted by atomic mass is 9.99. The summed E-state index contributed by atoms with van der Waals surface area (Å²) in [4.78, 5) is 18.8. The van der Waals surface area contributed by atoms with E-state index in [4.69, 9.17) is 17.3 Å². The molecule has 3 rings (SSSR count). The van der Waals surface area contributed by atoms with Crippen LogP contribution in [0.5, 0.6) is 0 Å². The lowest BCUT2D eigenvalue weighted by molar-refractivity contribution is -0.129. The number of pyridine rings is 1. The average Bonchev–Trinajstić information content (AvgIpc) is 2.52. The standard InChI is InChI=1S/C18H20ClN3O/c1-12-10-15(20)8-9-22(12)18(23)7-6-16-5-3-13-2-4-14(19)11-17(13)21-16/h2-7,11-12,15H,8-10,20H2,1H3/b7-6+. The molecule has 1 aromatic carbocycles. The number of nitrogens with zero attached hydrogens (tertiary/aromatic N) is 2. The smallest absolute Gasteiger partial charge is 0.246 e. The Kier molecular flexibility index (Phi) is 4.64. The first kappa shape index (κ1) is 16.0. The fourth-order valence-corrected chi connectivity index (χ4v) is 3.15. The third kappa shape index (κ3) is 3.71. The Morgan fingerprint density at radius 1 is 1.39 bits per heavy atom. The zero-order chi connectivity index (χ0) is 16.4. The highest BCUT2D eigenvalue weighted by Crippen LogP contribution is 2.19. The first-order valence-electron chi connectivity index (χ1n) is 7.83. The first-order valence-corrected chi connectivity index (χ1v) is 8.21. The van der Waals surface area contributed by atoms with Gasteiger partial charge in [-0.25, -0.2) is 4.98 Å². The fraction of sp³-hybridized carbons (Fsp3) is 0.333. The van der Waals surface area contributed by atoms with Crippen LogP contribution in [0.4, 0.5) is 0 Å². The van der Waals surface area contributed by atoms with Gasteiger partial charge in [-0.05, 0) is 44.0 Å². The van der Waals surface area contributed by atoms with Gasteiger partial charge in [-0.1, -0.05) is 23.7 Å². The molecule has 0 aliphatic carbocycles. The van der Waals surface area contributed by atoms with Gasteiger partial charge in [0, 0.05) is 35.1 Å². The molecule has 2 aromatic rings. The Bertz CT molecular complexity index is 759. The van der Waals surface area contributed by atoms with Crippen molar-refractivity contribution in [1.29, 1.82) is 0 Å². The molecule has 120 valence electrons. The van der Waals surface area contributed by atoms with Crippen LogP contribution >= 0.6 is 11.6 Å². The van der Waals surface area contributed by atoms with Crippen molar-refractivity contribution in [2.24, 2.45) is 5.73 Å². The molecule has 2 N–H and O–H groups in total. The Balaban J connectivity index is 1.75. The quantitative estimate of drug-likeness (QED) is 0.860. The molecule has 2 atom stereocenters. The van der Waals surface area contributed by atoms with E-state index in [0.29, 0.717) is 11.6 Å². The maximum Gasteiger partial charge on any atom is 0.246 e. The Morgan fingerprint density at radius 3 is 2.96 bits per heavy atom. The third-order valence-corrected chi connectivity index (χ3v) is 4.51. The minimum absolute atomic E-state index is 0.0115. The number of benzene rings is 1. The lowest BCUT2D eigenvalue weighted by Gasteiger charge is -2.35. The maximum absolute atomic E-state index is 12.4. The van der Waals surface area contributed by atoms with Crippen molar-refractivity contribution in [3.05, 3.63) is 47.1 Å². The van der Waals surface area contributed by atoms with Crippen LogP contribution in [0.15, 0.2) is 36.4 Å². The second kappa shape index (κ2) is 6.69. The largest absolute Gasteiger partial charge is 0.336 e. The van der Waals surface area contributed by atoms with E-state index in [2.05, 4.69) is 4.98 Å². The summed E-state index contributed by atoms with van der Waals surface area (Å²) < 4.78 is 0. The molecule has 5 heteroatoms. The predicted octanol–water partition coefficient (Wildman–Crippen LogP) is 3.24. The minimum Gasteiger partial charge on any atom is -0.336 e. The molecule has 1 aliphatic rings. The van der Waals surface area contributed by atoms with E-state index in [1.54, 1.807) is 12.2 Å². The van der Waals surface area contributed by atoms with Gasteiger partial charge in [0.15, 0.2) is 0 Å².